The number of amides is 2. The van der Waals surface area contributed by atoms with Crippen LogP contribution in [0, 0.1) is 5.92 Å². The second-order valence-electron chi connectivity index (χ2n) is 4.15. The molecule has 0 bridgehead atoms. The summed E-state index contributed by atoms with van der Waals surface area (Å²) in [5.74, 6) is -1.54. The van der Waals surface area contributed by atoms with Crippen molar-refractivity contribution in [3.63, 3.8) is 0 Å². The van der Waals surface area contributed by atoms with Gasteiger partial charge in [0.05, 0.1) is 11.6 Å². The highest BCUT2D eigenvalue weighted by molar-refractivity contribution is 9.11. The number of nitrogens with zero attached hydrogens (tertiary/aromatic N) is 1. The molecule has 0 aromatic heterocycles. The summed E-state index contributed by atoms with van der Waals surface area (Å²) in [4.78, 5) is 24.0. The van der Waals surface area contributed by atoms with Crippen LogP contribution in [0.2, 0.25) is 0 Å². The number of para-hydroxylation sites is 1. The molecule has 1 rings (SSSR count). The van der Waals surface area contributed by atoms with E-state index in [1.54, 1.807) is 26.1 Å². The van der Waals surface area contributed by atoms with E-state index in [1.165, 1.54) is 4.90 Å². The van der Waals surface area contributed by atoms with E-state index in [9.17, 15) is 9.59 Å². The fourth-order valence-corrected chi connectivity index (χ4v) is 2.59. The Bertz CT molecular complexity index is 474. The van der Waals surface area contributed by atoms with Gasteiger partial charge >= 0.3 is 12.0 Å². The number of benzene rings is 1. The quantitative estimate of drug-likeness (QED) is 0.823. The van der Waals surface area contributed by atoms with Crippen LogP contribution in [0.5, 0.6) is 0 Å². The Morgan fingerprint density at radius 2 is 1.89 bits per heavy atom. The first-order valence-corrected chi connectivity index (χ1v) is 7.10. The molecule has 0 saturated carbocycles. The first-order chi connectivity index (χ1) is 8.82. The van der Waals surface area contributed by atoms with Crippen LogP contribution in [0.4, 0.5) is 10.5 Å². The number of carbonyl (C=O) groups is 2. The summed E-state index contributed by atoms with van der Waals surface area (Å²) in [7, 11) is 1.56. The minimum Gasteiger partial charge on any atom is -0.481 e. The van der Waals surface area contributed by atoms with E-state index in [0.717, 1.165) is 8.95 Å². The van der Waals surface area contributed by atoms with Crippen LogP contribution in [0.3, 0.4) is 0 Å². The smallest absolute Gasteiger partial charge is 0.321 e. The summed E-state index contributed by atoms with van der Waals surface area (Å²) in [6, 6.07) is 5.08. The van der Waals surface area contributed by atoms with E-state index in [0.29, 0.717) is 5.69 Å². The van der Waals surface area contributed by atoms with Crippen molar-refractivity contribution in [3.05, 3.63) is 27.1 Å². The molecular formula is C12H14Br2N2O3. The number of aliphatic carboxylic acids is 1. The number of carboxylic acid groups (broad SMARTS) is 1. The van der Waals surface area contributed by atoms with Crippen LogP contribution in [0.25, 0.3) is 0 Å². The SMILES string of the molecule is CC(CN(C)C(=O)Nc1c(Br)cccc1Br)C(=O)O. The van der Waals surface area contributed by atoms with Crippen molar-refractivity contribution in [2.45, 2.75) is 6.92 Å². The van der Waals surface area contributed by atoms with E-state index in [4.69, 9.17) is 5.11 Å². The van der Waals surface area contributed by atoms with Gasteiger partial charge in [0.25, 0.3) is 0 Å². The first kappa shape index (κ1) is 16.0. The lowest BCUT2D eigenvalue weighted by Crippen LogP contribution is -2.36. The molecule has 0 aliphatic rings. The third-order valence-electron chi connectivity index (χ3n) is 2.51. The van der Waals surface area contributed by atoms with Gasteiger partial charge in [-0.2, -0.15) is 0 Å². The Kier molecular flexibility index (Phi) is 5.81. The lowest BCUT2D eigenvalue weighted by Gasteiger charge is -2.20. The highest BCUT2D eigenvalue weighted by Gasteiger charge is 2.18. The second-order valence-corrected chi connectivity index (χ2v) is 5.86. The number of hydrogen-bond donors (Lipinski definition) is 2. The zero-order chi connectivity index (χ0) is 14.6. The van der Waals surface area contributed by atoms with Gasteiger partial charge in [0, 0.05) is 22.5 Å². The largest absolute Gasteiger partial charge is 0.481 e. The maximum absolute atomic E-state index is 12.0. The highest BCUT2D eigenvalue weighted by Crippen LogP contribution is 2.30. The molecule has 5 nitrogen and oxygen atoms in total. The third-order valence-corrected chi connectivity index (χ3v) is 3.83. The average molecular weight is 394 g/mol. The van der Waals surface area contributed by atoms with Crippen molar-refractivity contribution in [3.8, 4) is 0 Å². The van der Waals surface area contributed by atoms with Crippen LogP contribution >= 0.6 is 31.9 Å². The van der Waals surface area contributed by atoms with Crippen molar-refractivity contribution in [2.24, 2.45) is 5.92 Å². The topological polar surface area (TPSA) is 69.6 Å². The molecule has 104 valence electrons. The summed E-state index contributed by atoms with van der Waals surface area (Å²) in [6.07, 6.45) is 0. The number of carboxylic acids is 1. The molecule has 1 atom stereocenters. The molecule has 2 amide bonds. The molecule has 19 heavy (non-hydrogen) atoms. The number of urea groups is 1. The number of anilines is 1. The molecule has 1 aromatic carbocycles. The van der Waals surface area contributed by atoms with E-state index in [1.807, 2.05) is 6.07 Å². The Balaban J connectivity index is 2.72. The summed E-state index contributed by atoms with van der Waals surface area (Å²) >= 11 is 6.68. The zero-order valence-corrected chi connectivity index (χ0v) is 13.7. The second kappa shape index (κ2) is 6.91. The predicted molar refractivity (Wildman–Crippen MR) is 80.3 cm³/mol. The Morgan fingerprint density at radius 1 is 1.37 bits per heavy atom. The van der Waals surface area contributed by atoms with Gasteiger partial charge < -0.3 is 15.3 Å². The van der Waals surface area contributed by atoms with Gasteiger partial charge in [0.1, 0.15) is 0 Å². The molecule has 0 aliphatic carbocycles. The Hall–Kier alpha value is -1.08. The summed E-state index contributed by atoms with van der Waals surface area (Å²) in [5.41, 5.74) is 0.613. The van der Waals surface area contributed by atoms with E-state index < -0.39 is 11.9 Å². The monoisotopic (exact) mass is 392 g/mol. The summed E-state index contributed by atoms with van der Waals surface area (Å²) in [6.45, 7) is 1.70. The number of halogens is 2. The van der Waals surface area contributed by atoms with Crippen LogP contribution in [-0.4, -0.2) is 35.6 Å². The van der Waals surface area contributed by atoms with E-state index >= 15 is 0 Å². The maximum atomic E-state index is 12.0. The van der Waals surface area contributed by atoms with Crippen molar-refractivity contribution in [1.29, 1.82) is 0 Å². The maximum Gasteiger partial charge on any atom is 0.321 e. The van der Waals surface area contributed by atoms with Crippen molar-refractivity contribution in [1.82, 2.24) is 4.90 Å². The Morgan fingerprint density at radius 3 is 2.37 bits per heavy atom. The van der Waals surface area contributed by atoms with Crippen LogP contribution in [0.15, 0.2) is 27.1 Å². The molecule has 0 radical (unpaired) electrons. The first-order valence-electron chi connectivity index (χ1n) is 5.52. The van der Waals surface area contributed by atoms with Gasteiger partial charge in [-0.3, -0.25) is 4.79 Å². The number of rotatable bonds is 4. The zero-order valence-electron chi connectivity index (χ0n) is 10.5. The van der Waals surface area contributed by atoms with E-state index in [-0.39, 0.29) is 12.6 Å². The minimum atomic E-state index is -0.929. The van der Waals surface area contributed by atoms with Gasteiger partial charge in [-0.1, -0.05) is 13.0 Å². The molecule has 0 spiro atoms. The van der Waals surface area contributed by atoms with Gasteiger partial charge in [-0.15, -0.1) is 0 Å². The third kappa shape index (κ3) is 4.50. The lowest BCUT2D eigenvalue weighted by molar-refractivity contribution is -0.141. The number of carbonyl (C=O) groups excluding carboxylic acids is 1. The fraction of sp³-hybridized carbons (Fsp3) is 0.333. The fourth-order valence-electron chi connectivity index (χ4n) is 1.39. The van der Waals surface area contributed by atoms with Crippen molar-refractivity contribution >= 4 is 49.5 Å². The number of hydrogen-bond acceptors (Lipinski definition) is 2. The highest BCUT2D eigenvalue weighted by atomic mass is 79.9. The Labute approximate surface area is 128 Å². The predicted octanol–water partition coefficient (Wildman–Crippen LogP) is 3.40. The van der Waals surface area contributed by atoms with Gasteiger partial charge in [0.2, 0.25) is 0 Å². The summed E-state index contributed by atoms with van der Waals surface area (Å²) in [5, 5.41) is 11.5. The number of nitrogens with one attached hydrogen (secondary N) is 1. The van der Waals surface area contributed by atoms with Crippen LogP contribution in [0.1, 0.15) is 6.92 Å². The van der Waals surface area contributed by atoms with Gasteiger partial charge in [-0.25, -0.2) is 4.79 Å². The van der Waals surface area contributed by atoms with Crippen molar-refractivity contribution < 1.29 is 14.7 Å². The lowest BCUT2D eigenvalue weighted by atomic mass is 10.2. The molecule has 0 fully saturated rings. The van der Waals surface area contributed by atoms with Crippen LogP contribution in [-0.2, 0) is 4.79 Å². The van der Waals surface area contributed by atoms with Gasteiger partial charge in [0.15, 0.2) is 0 Å². The molecule has 0 saturated heterocycles. The van der Waals surface area contributed by atoms with Crippen molar-refractivity contribution in [2.75, 3.05) is 18.9 Å². The minimum absolute atomic E-state index is 0.142. The van der Waals surface area contributed by atoms with E-state index in [2.05, 4.69) is 37.2 Å². The normalized spacial score (nSPS) is 11.8. The molecule has 0 heterocycles. The van der Waals surface area contributed by atoms with Crippen LogP contribution < -0.4 is 5.32 Å². The standard InChI is InChI=1S/C12H14Br2N2O3/c1-7(11(17)18)6-16(2)12(19)15-10-8(13)4-3-5-9(10)14/h3-5,7H,6H2,1-2H3,(H,15,19)(H,17,18). The molecular weight excluding hydrogens is 380 g/mol. The molecule has 2 N–H and O–H groups in total. The molecule has 7 heteroatoms. The molecule has 0 aliphatic heterocycles. The van der Waals surface area contributed by atoms with Gasteiger partial charge in [-0.05, 0) is 44.0 Å². The molecule has 1 unspecified atom stereocenters. The average Bonchev–Trinajstić information content (AvgIpc) is 2.33. The summed E-state index contributed by atoms with van der Waals surface area (Å²) < 4.78 is 1.49. The molecule has 1 aromatic rings.